The molecule has 2 aromatic rings. The van der Waals surface area contributed by atoms with Crippen LogP contribution in [0, 0.1) is 0 Å². The van der Waals surface area contributed by atoms with E-state index in [1.807, 2.05) is 0 Å². The number of hydrogen-bond donors (Lipinski definition) is 0. The predicted octanol–water partition coefficient (Wildman–Crippen LogP) is 3.44. The summed E-state index contributed by atoms with van der Waals surface area (Å²) in [7, 11) is 0. The maximum absolute atomic E-state index is 5.45. The second-order valence-electron chi connectivity index (χ2n) is 6.63. The Hall–Kier alpha value is -1.36. The van der Waals surface area contributed by atoms with Crippen molar-refractivity contribution < 1.29 is 4.74 Å². The third-order valence-corrected chi connectivity index (χ3v) is 5.21. The van der Waals surface area contributed by atoms with Gasteiger partial charge in [-0.2, -0.15) is 5.10 Å². The van der Waals surface area contributed by atoms with E-state index in [2.05, 4.69) is 46.1 Å². The van der Waals surface area contributed by atoms with Gasteiger partial charge in [-0.15, -0.1) is 12.4 Å². The largest absolute Gasteiger partial charge is 0.379 e. The number of nitrogens with zero attached hydrogens (tertiary/aromatic N) is 3. The first kappa shape index (κ1) is 17.5. The summed E-state index contributed by atoms with van der Waals surface area (Å²) in [6, 6.07) is 10.5. The first-order valence-corrected chi connectivity index (χ1v) is 8.84. The topological polar surface area (TPSA) is 30.3 Å². The number of benzene rings is 1. The van der Waals surface area contributed by atoms with Gasteiger partial charge in [-0.25, -0.2) is 4.68 Å². The third kappa shape index (κ3) is 3.66. The first-order chi connectivity index (χ1) is 11.4. The lowest BCUT2D eigenvalue weighted by Gasteiger charge is -2.29. The van der Waals surface area contributed by atoms with Crippen LogP contribution in [0.15, 0.2) is 36.5 Å². The Morgan fingerprint density at radius 1 is 1.12 bits per heavy atom. The summed E-state index contributed by atoms with van der Waals surface area (Å²) in [5.41, 5.74) is 4.09. The Bertz CT molecular complexity index is 637. The van der Waals surface area contributed by atoms with Crippen molar-refractivity contribution in [1.82, 2.24) is 14.7 Å². The van der Waals surface area contributed by atoms with Crippen LogP contribution < -0.4 is 0 Å². The number of morpholine rings is 1. The van der Waals surface area contributed by atoms with Crippen molar-refractivity contribution in [1.29, 1.82) is 0 Å². The zero-order valence-electron chi connectivity index (χ0n) is 14.1. The minimum Gasteiger partial charge on any atom is -0.379 e. The number of ether oxygens (including phenoxy) is 1. The van der Waals surface area contributed by atoms with Crippen molar-refractivity contribution >= 4 is 12.4 Å². The molecular weight excluding hydrogens is 322 g/mol. The van der Waals surface area contributed by atoms with Crippen LogP contribution in [0.5, 0.6) is 0 Å². The molecule has 0 spiro atoms. The van der Waals surface area contributed by atoms with Crippen molar-refractivity contribution in [3.63, 3.8) is 0 Å². The molecule has 1 fully saturated rings. The molecule has 1 aromatic carbocycles. The maximum Gasteiger partial charge on any atom is 0.0648 e. The third-order valence-electron chi connectivity index (χ3n) is 5.21. The summed E-state index contributed by atoms with van der Waals surface area (Å²) < 4.78 is 7.59. The molecule has 0 bridgehead atoms. The minimum atomic E-state index is 0. The highest BCUT2D eigenvalue weighted by Gasteiger charge is 2.25. The molecule has 24 heavy (non-hydrogen) atoms. The van der Waals surface area contributed by atoms with Crippen molar-refractivity contribution in [3.05, 3.63) is 47.8 Å². The molecule has 1 saturated heterocycles. The molecule has 0 N–H and O–H groups in total. The molecule has 130 valence electrons. The molecule has 1 aliphatic heterocycles. The van der Waals surface area contributed by atoms with Gasteiger partial charge in [-0.1, -0.05) is 18.2 Å². The van der Waals surface area contributed by atoms with E-state index in [0.29, 0.717) is 5.92 Å². The van der Waals surface area contributed by atoms with E-state index < -0.39 is 0 Å². The quantitative estimate of drug-likeness (QED) is 0.848. The van der Waals surface area contributed by atoms with E-state index in [0.717, 1.165) is 32.7 Å². The van der Waals surface area contributed by atoms with Gasteiger partial charge in [0.25, 0.3) is 0 Å². The van der Waals surface area contributed by atoms with E-state index in [1.54, 1.807) is 0 Å². The Balaban J connectivity index is 0.00000169. The van der Waals surface area contributed by atoms with Crippen molar-refractivity contribution in [2.75, 3.05) is 32.8 Å². The lowest BCUT2D eigenvalue weighted by Crippen LogP contribution is -2.37. The molecule has 0 unspecified atom stereocenters. The minimum absolute atomic E-state index is 0. The summed E-state index contributed by atoms with van der Waals surface area (Å²) in [5.74, 6) is 0.666. The van der Waals surface area contributed by atoms with Crippen LogP contribution in [0.1, 0.15) is 36.4 Å². The van der Waals surface area contributed by atoms with Crippen LogP contribution >= 0.6 is 12.4 Å². The standard InChI is InChI=1S/C19H25N3O.ClH/c1-2-6-17(7-3-1)22-19-8-4-5-16(18(19)15-20-22)9-10-21-11-13-23-14-12-21;/h1-3,6-7,15-16H,4-5,8-14H2;1H/t16-;/m1./s1. The molecule has 0 radical (unpaired) electrons. The summed E-state index contributed by atoms with van der Waals surface area (Å²) in [6.07, 6.45) is 7.09. The predicted molar refractivity (Wildman–Crippen MR) is 98.4 cm³/mol. The number of rotatable bonds is 4. The van der Waals surface area contributed by atoms with Gasteiger partial charge in [0.15, 0.2) is 0 Å². The van der Waals surface area contributed by atoms with Crippen LogP contribution in [0.3, 0.4) is 0 Å². The SMILES string of the molecule is Cl.c1ccc(-n2ncc3c2CCC[C@@H]3CCN2CCOCC2)cc1. The van der Waals surface area contributed by atoms with Gasteiger partial charge in [0, 0.05) is 18.8 Å². The monoisotopic (exact) mass is 347 g/mol. The molecule has 2 aliphatic rings. The van der Waals surface area contributed by atoms with Gasteiger partial charge in [-0.05, 0) is 55.8 Å². The summed E-state index contributed by atoms with van der Waals surface area (Å²) in [6.45, 7) is 5.14. The number of hydrogen-bond acceptors (Lipinski definition) is 3. The number of aromatic nitrogens is 2. The zero-order chi connectivity index (χ0) is 15.5. The van der Waals surface area contributed by atoms with Crippen LogP contribution in [0.4, 0.5) is 0 Å². The molecule has 5 heteroatoms. The average Bonchev–Trinajstić information content (AvgIpc) is 3.06. The number of halogens is 1. The van der Waals surface area contributed by atoms with Gasteiger partial charge in [0.1, 0.15) is 0 Å². The Kier molecular flexibility index (Phi) is 5.93. The first-order valence-electron chi connectivity index (χ1n) is 8.84. The highest BCUT2D eigenvalue weighted by Crippen LogP contribution is 2.35. The van der Waals surface area contributed by atoms with E-state index >= 15 is 0 Å². The summed E-state index contributed by atoms with van der Waals surface area (Å²) >= 11 is 0. The molecule has 4 rings (SSSR count). The highest BCUT2D eigenvalue weighted by molar-refractivity contribution is 5.85. The normalized spacial score (nSPS) is 21.1. The molecule has 2 heterocycles. The lowest BCUT2D eigenvalue weighted by molar-refractivity contribution is 0.0363. The second kappa shape index (κ2) is 8.15. The summed E-state index contributed by atoms with van der Waals surface area (Å²) in [5, 5.41) is 4.70. The molecular formula is C19H26ClN3O. The molecule has 0 saturated carbocycles. The van der Waals surface area contributed by atoms with Crippen LogP contribution in [0.25, 0.3) is 5.69 Å². The van der Waals surface area contributed by atoms with Gasteiger partial charge < -0.3 is 4.74 Å². The fourth-order valence-electron chi connectivity index (χ4n) is 3.90. The van der Waals surface area contributed by atoms with Crippen molar-refractivity contribution in [2.45, 2.75) is 31.6 Å². The molecule has 1 atom stereocenters. The van der Waals surface area contributed by atoms with Gasteiger partial charge in [0.05, 0.1) is 25.1 Å². The smallest absolute Gasteiger partial charge is 0.0648 e. The number of para-hydroxylation sites is 1. The second-order valence-corrected chi connectivity index (χ2v) is 6.63. The zero-order valence-corrected chi connectivity index (χ0v) is 14.9. The molecule has 1 aliphatic carbocycles. The summed E-state index contributed by atoms with van der Waals surface area (Å²) in [4.78, 5) is 2.54. The van der Waals surface area contributed by atoms with E-state index in [-0.39, 0.29) is 12.4 Å². The molecule has 0 amide bonds. The lowest BCUT2D eigenvalue weighted by atomic mass is 9.84. The fraction of sp³-hybridized carbons (Fsp3) is 0.526. The van der Waals surface area contributed by atoms with Crippen LogP contribution in [-0.4, -0.2) is 47.5 Å². The Labute approximate surface area is 150 Å². The van der Waals surface area contributed by atoms with E-state index in [4.69, 9.17) is 9.84 Å². The number of fused-ring (bicyclic) bond motifs is 1. The van der Waals surface area contributed by atoms with Crippen LogP contribution in [0.2, 0.25) is 0 Å². The molecule has 4 nitrogen and oxygen atoms in total. The molecule has 1 aromatic heterocycles. The Morgan fingerprint density at radius 2 is 1.92 bits per heavy atom. The van der Waals surface area contributed by atoms with Gasteiger partial charge in [-0.3, -0.25) is 4.90 Å². The van der Waals surface area contributed by atoms with Gasteiger partial charge >= 0.3 is 0 Å². The van der Waals surface area contributed by atoms with Gasteiger partial charge in [0.2, 0.25) is 0 Å². The average molecular weight is 348 g/mol. The van der Waals surface area contributed by atoms with Crippen LogP contribution in [-0.2, 0) is 11.2 Å². The van der Waals surface area contributed by atoms with Crippen molar-refractivity contribution in [2.24, 2.45) is 0 Å². The van der Waals surface area contributed by atoms with E-state index in [9.17, 15) is 0 Å². The maximum atomic E-state index is 5.45. The fourth-order valence-corrected chi connectivity index (χ4v) is 3.90. The van der Waals surface area contributed by atoms with E-state index in [1.165, 1.54) is 42.8 Å². The Morgan fingerprint density at radius 3 is 2.71 bits per heavy atom. The highest BCUT2D eigenvalue weighted by atomic mass is 35.5. The van der Waals surface area contributed by atoms with Crippen molar-refractivity contribution in [3.8, 4) is 5.69 Å².